The van der Waals surface area contributed by atoms with Crippen molar-refractivity contribution in [2.24, 2.45) is 5.73 Å². The molecular weight excluding hydrogens is 220 g/mol. The van der Waals surface area contributed by atoms with Gasteiger partial charge in [0.15, 0.2) is 0 Å². The lowest BCUT2D eigenvalue weighted by molar-refractivity contribution is 0.183. The van der Waals surface area contributed by atoms with E-state index < -0.39 is 6.10 Å². The fourth-order valence-electron chi connectivity index (χ4n) is 0.923. The third-order valence-corrected chi connectivity index (χ3v) is 1.94. The van der Waals surface area contributed by atoms with Crippen LogP contribution in [-0.2, 0) is 6.42 Å². The number of pyridine rings is 1. The molecule has 0 saturated heterocycles. The summed E-state index contributed by atoms with van der Waals surface area (Å²) in [4.78, 5) is 3.97. The summed E-state index contributed by atoms with van der Waals surface area (Å²) in [5.74, 6) is 0. The quantitative estimate of drug-likeness (QED) is 0.805. The van der Waals surface area contributed by atoms with Crippen LogP contribution in [0.5, 0.6) is 0 Å². The van der Waals surface area contributed by atoms with Crippen LogP contribution in [0.25, 0.3) is 0 Å². The monoisotopic (exact) mass is 230 g/mol. The van der Waals surface area contributed by atoms with Crippen LogP contribution >= 0.6 is 15.9 Å². The maximum atomic E-state index is 9.23. The highest BCUT2D eigenvalue weighted by Gasteiger charge is 2.02. The van der Waals surface area contributed by atoms with Crippen molar-refractivity contribution in [2.75, 3.05) is 6.54 Å². The first-order valence-electron chi connectivity index (χ1n) is 3.70. The molecule has 0 saturated carbocycles. The van der Waals surface area contributed by atoms with E-state index >= 15 is 0 Å². The van der Waals surface area contributed by atoms with E-state index in [1.165, 1.54) is 0 Å². The van der Waals surface area contributed by atoms with E-state index in [2.05, 4.69) is 20.9 Å². The Morgan fingerprint density at radius 1 is 1.58 bits per heavy atom. The minimum atomic E-state index is -0.471. The first-order valence-corrected chi connectivity index (χ1v) is 4.49. The van der Waals surface area contributed by atoms with Crippen molar-refractivity contribution in [3.8, 4) is 0 Å². The molecule has 12 heavy (non-hydrogen) atoms. The second-order valence-electron chi connectivity index (χ2n) is 2.61. The number of aliphatic hydroxyl groups is 1. The molecule has 0 aliphatic rings. The molecule has 1 aromatic heterocycles. The van der Waals surface area contributed by atoms with E-state index in [1.807, 2.05) is 6.07 Å². The van der Waals surface area contributed by atoms with Gasteiger partial charge in [0, 0.05) is 29.8 Å². The highest BCUT2D eigenvalue weighted by molar-refractivity contribution is 9.10. The van der Waals surface area contributed by atoms with Crippen molar-refractivity contribution in [3.63, 3.8) is 0 Å². The van der Waals surface area contributed by atoms with Gasteiger partial charge in [-0.25, -0.2) is 0 Å². The molecule has 3 N–H and O–H groups in total. The van der Waals surface area contributed by atoms with Crippen LogP contribution in [0.2, 0.25) is 0 Å². The molecule has 3 nitrogen and oxygen atoms in total. The predicted molar refractivity (Wildman–Crippen MR) is 50.7 cm³/mol. The second-order valence-corrected chi connectivity index (χ2v) is 3.52. The standard InChI is InChI=1S/C8H11BrN2O/c9-7-1-6(4-11-5-7)2-8(12)3-10/h1,4-5,8,12H,2-3,10H2. The highest BCUT2D eigenvalue weighted by Crippen LogP contribution is 2.10. The van der Waals surface area contributed by atoms with Gasteiger partial charge >= 0.3 is 0 Å². The van der Waals surface area contributed by atoms with Crippen molar-refractivity contribution < 1.29 is 5.11 Å². The highest BCUT2D eigenvalue weighted by atomic mass is 79.9. The summed E-state index contributed by atoms with van der Waals surface area (Å²) in [6, 6.07) is 1.92. The Balaban J connectivity index is 2.63. The van der Waals surface area contributed by atoms with Gasteiger partial charge in [-0.05, 0) is 27.6 Å². The molecule has 0 amide bonds. The van der Waals surface area contributed by atoms with Crippen molar-refractivity contribution in [3.05, 3.63) is 28.5 Å². The molecule has 1 aromatic rings. The van der Waals surface area contributed by atoms with E-state index in [0.717, 1.165) is 10.0 Å². The van der Waals surface area contributed by atoms with Gasteiger partial charge < -0.3 is 10.8 Å². The van der Waals surface area contributed by atoms with Gasteiger partial charge in [-0.1, -0.05) is 0 Å². The summed E-state index contributed by atoms with van der Waals surface area (Å²) in [5.41, 5.74) is 6.26. The van der Waals surface area contributed by atoms with Crippen LogP contribution < -0.4 is 5.73 Å². The Kier molecular flexibility index (Phi) is 3.65. The Bertz CT molecular complexity index is 255. The largest absolute Gasteiger partial charge is 0.391 e. The van der Waals surface area contributed by atoms with Crippen molar-refractivity contribution in [1.82, 2.24) is 4.98 Å². The fourth-order valence-corrected chi connectivity index (χ4v) is 1.34. The molecule has 0 radical (unpaired) electrons. The number of hydrogen-bond acceptors (Lipinski definition) is 3. The zero-order valence-electron chi connectivity index (χ0n) is 6.57. The maximum absolute atomic E-state index is 9.23. The molecule has 0 aromatic carbocycles. The number of rotatable bonds is 3. The lowest BCUT2D eigenvalue weighted by atomic mass is 10.1. The molecule has 1 rings (SSSR count). The van der Waals surface area contributed by atoms with Crippen LogP contribution in [0.1, 0.15) is 5.56 Å². The molecule has 0 aliphatic carbocycles. The van der Waals surface area contributed by atoms with Crippen molar-refractivity contribution in [1.29, 1.82) is 0 Å². The van der Waals surface area contributed by atoms with E-state index in [0.29, 0.717) is 6.42 Å². The smallest absolute Gasteiger partial charge is 0.0703 e. The lowest BCUT2D eigenvalue weighted by Gasteiger charge is -2.06. The molecule has 1 unspecified atom stereocenters. The zero-order valence-corrected chi connectivity index (χ0v) is 8.16. The van der Waals surface area contributed by atoms with E-state index in [4.69, 9.17) is 5.73 Å². The fraction of sp³-hybridized carbons (Fsp3) is 0.375. The third-order valence-electron chi connectivity index (χ3n) is 1.50. The van der Waals surface area contributed by atoms with Gasteiger partial charge in [-0.2, -0.15) is 0 Å². The van der Waals surface area contributed by atoms with E-state index in [-0.39, 0.29) is 6.54 Å². The van der Waals surface area contributed by atoms with Crippen molar-refractivity contribution in [2.45, 2.75) is 12.5 Å². The number of hydrogen-bond donors (Lipinski definition) is 2. The second kappa shape index (κ2) is 4.54. The first kappa shape index (κ1) is 9.64. The summed E-state index contributed by atoms with van der Waals surface area (Å²) in [5, 5.41) is 9.23. The summed E-state index contributed by atoms with van der Waals surface area (Å²) < 4.78 is 0.921. The lowest BCUT2D eigenvalue weighted by Crippen LogP contribution is -2.21. The van der Waals surface area contributed by atoms with Crippen LogP contribution in [0.3, 0.4) is 0 Å². The van der Waals surface area contributed by atoms with Crippen LogP contribution in [0.15, 0.2) is 22.9 Å². The number of halogens is 1. The van der Waals surface area contributed by atoms with Crippen LogP contribution in [-0.4, -0.2) is 22.7 Å². The predicted octanol–water partition coefficient (Wildman–Crippen LogP) is 0.706. The molecule has 0 aliphatic heterocycles. The molecular formula is C8H11BrN2O. The Morgan fingerprint density at radius 3 is 2.92 bits per heavy atom. The number of nitrogens with two attached hydrogens (primary N) is 1. The zero-order chi connectivity index (χ0) is 8.97. The molecule has 1 atom stereocenters. The minimum Gasteiger partial charge on any atom is -0.391 e. The van der Waals surface area contributed by atoms with Crippen LogP contribution in [0.4, 0.5) is 0 Å². The molecule has 66 valence electrons. The number of nitrogens with zero attached hydrogens (tertiary/aromatic N) is 1. The van der Waals surface area contributed by atoms with Gasteiger partial charge in [-0.15, -0.1) is 0 Å². The number of aliphatic hydroxyl groups excluding tert-OH is 1. The minimum absolute atomic E-state index is 0.284. The van der Waals surface area contributed by atoms with Crippen molar-refractivity contribution >= 4 is 15.9 Å². The average Bonchev–Trinajstić information content (AvgIpc) is 2.04. The normalized spacial score (nSPS) is 12.9. The Morgan fingerprint density at radius 2 is 2.33 bits per heavy atom. The van der Waals surface area contributed by atoms with Gasteiger partial charge in [0.2, 0.25) is 0 Å². The molecule has 0 bridgehead atoms. The Labute approximate surface area is 79.7 Å². The van der Waals surface area contributed by atoms with Gasteiger partial charge in [0.05, 0.1) is 6.10 Å². The van der Waals surface area contributed by atoms with E-state index in [1.54, 1.807) is 12.4 Å². The average molecular weight is 231 g/mol. The summed E-state index contributed by atoms with van der Waals surface area (Å²) in [7, 11) is 0. The Hall–Kier alpha value is -0.450. The SMILES string of the molecule is NCC(O)Cc1cncc(Br)c1. The van der Waals surface area contributed by atoms with Gasteiger partial charge in [-0.3, -0.25) is 4.98 Å². The number of aromatic nitrogens is 1. The van der Waals surface area contributed by atoms with Gasteiger partial charge in [0.1, 0.15) is 0 Å². The maximum Gasteiger partial charge on any atom is 0.0703 e. The van der Waals surface area contributed by atoms with Gasteiger partial charge in [0.25, 0.3) is 0 Å². The summed E-state index contributed by atoms with van der Waals surface area (Å²) >= 11 is 3.30. The summed E-state index contributed by atoms with van der Waals surface area (Å²) in [6.07, 6.45) is 3.52. The molecule has 0 fully saturated rings. The molecule has 1 heterocycles. The molecule has 4 heteroatoms. The molecule has 0 spiro atoms. The third kappa shape index (κ3) is 2.89. The topological polar surface area (TPSA) is 59.1 Å². The first-order chi connectivity index (χ1) is 5.72. The summed E-state index contributed by atoms with van der Waals surface area (Å²) in [6.45, 7) is 0.284. The van der Waals surface area contributed by atoms with Crippen LogP contribution in [0, 0.1) is 0 Å². The van der Waals surface area contributed by atoms with E-state index in [9.17, 15) is 5.11 Å².